The van der Waals surface area contributed by atoms with Crippen molar-refractivity contribution in [2.75, 3.05) is 11.2 Å². The molecule has 0 saturated heterocycles. The number of carbonyl (C=O) groups excluding carboxylic acids is 1. The number of rotatable bonds is 4. The van der Waals surface area contributed by atoms with Gasteiger partial charge in [-0.3, -0.25) is 4.79 Å². The SMILES string of the molecule is O=C(CCl)Nc1ccc(Cl)cc1/C(=N/O)c1ccccc1. The molecule has 0 atom stereocenters. The third-order valence-corrected chi connectivity index (χ3v) is 3.26. The second kappa shape index (κ2) is 7.11. The van der Waals surface area contributed by atoms with E-state index in [1.165, 1.54) is 0 Å². The highest BCUT2D eigenvalue weighted by Gasteiger charge is 2.14. The average Bonchev–Trinajstić information content (AvgIpc) is 2.51. The fraction of sp³-hybridized carbons (Fsp3) is 0.0667. The van der Waals surface area contributed by atoms with Gasteiger partial charge in [-0.15, -0.1) is 11.6 Å². The molecule has 0 bridgehead atoms. The number of oxime groups is 1. The van der Waals surface area contributed by atoms with E-state index in [0.717, 1.165) is 0 Å². The number of carbonyl (C=O) groups is 1. The van der Waals surface area contributed by atoms with Crippen LogP contribution in [0, 0.1) is 0 Å². The van der Waals surface area contributed by atoms with Crippen LogP contribution in [0.5, 0.6) is 0 Å². The number of nitrogens with zero attached hydrogens (tertiary/aromatic N) is 1. The fourth-order valence-corrected chi connectivity index (χ4v) is 2.11. The van der Waals surface area contributed by atoms with Gasteiger partial charge in [0.25, 0.3) is 0 Å². The van der Waals surface area contributed by atoms with Crippen molar-refractivity contribution in [3.05, 3.63) is 64.7 Å². The zero-order valence-corrected chi connectivity index (χ0v) is 12.4. The van der Waals surface area contributed by atoms with Crippen LogP contribution in [0.3, 0.4) is 0 Å². The summed E-state index contributed by atoms with van der Waals surface area (Å²) in [5, 5.41) is 15.8. The molecule has 0 radical (unpaired) electrons. The highest BCUT2D eigenvalue weighted by atomic mass is 35.5. The van der Waals surface area contributed by atoms with E-state index in [9.17, 15) is 10.0 Å². The monoisotopic (exact) mass is 322 g/mol. The lowest BCUT2D eigenvalue weighted by molar-refractivity contribution is -0.113. The van der Waals surface area contributed by atoms with Crippen LogP contribution in [0.25, 0.3) is 0 Å². The minimum Gasteiger partial charge on any atom is -0.410 e. The molecule has 0 spiro atoms. The number of benzene rings is 2. The summed E-state index contributed by atoms with van der Waals surface area (Å²) in [5.41, 5.74) is 1.99. The number of halogens is 2. The molecule has 0 aliphatic rings. The molecule has 0 aromatic heterocycles. The van der Waals surface area contributed by atoms with Crippen LogP contribution in [0.4, 0.5) is 5.69 Å². The molecule has 0 aliphatic heterocycles. The maximum Gasteiger partial charge on any atom is 0.239 e. The topological polar surface area (TPSA) is 61.7 Å². The van der Waals surface area contributed by atoms with E-state index < -0.39 is 0 Å². The van der Waals surface area contributed by atoms with Crippen LogP contribution >= 0.6 is 23.2 Å². The van der Waals surface area contributed by atoms with Gasteiger partial charge in [-0.1, -0.05) is 47.1 Å². The van der Waals surface area contributed by atoms with Gasteiger partial charge in [0, 0.05) is 16.1 Å². The first-order chi connectivity index (χ1) is 10.2. The molecule has 108 valence electrons. The lowest BCUT2D eigenvalue weighted by Crippen LogP contribution is -2.16. The molecule has 0 heterocycles. The van der Waals surface area contributed by atoms with Crippen LogP contribution < -0.4 is 5.32 Å². The Hall–Kier alpha value is -2.04. The van der Waals surface area contributed by atoms with Gasteiger partial charge in [0.1, 0.15) is 11.6 Å². The van der Waals surface area contributed by atoms with Crippen molar-refractivity contribution in [1.29, 1.82) is 0 Å². The van der Waals surface area contributed by atoms with Gasteiger partial charge in [0.15, 0.2) is 0 Å². The highest BCUT2D eigenvalue weighted by molar-refractivity contribution is 6.32. The van der Waals surface area contributed by atoms with E-state index in [2.05, 4.69) is 10.5 Å². The standard InChI is InChI=1S/C15H12Cl2N2O2/c16-9-14(20)18-13-7-6-11(17)8-12(13)15(19-21)10-4-2-1-3-5-10/h1-8,21H,9H2,(H,18,20)/b19-15+. The molecule has 4 nitrogen and oxygen atoms in total. The van der Waals surface area contributed by atoms with Crippen LogP contribution in [0.1, 0.15) is 11.1 Å². The number of nitrogens with one attached hydrogen (secondary N) is 1. The van der Waals surface area contributed by atoms with Gasteiger partial charge in [-0.2, -0.15) is 0 Å². The minimum atomic E-state index is -0.356. The number of hydrogen-bond donors (Lipinski definition) is 2. The van der Waals surface area contributed by atoms with Crippen molar-refractivity contribution in [2.24, 2.45) is 5.16 Å². The molecule has 6 heteroatoms. The predicted octanol–water partition coefficient (Wildman–Crippen LogP) is 3.74. The maximum absolute atomic E-state index is 11.5. The Morgan fingerprint density at radius 1 is 1.19 bits per heavy atom. The summed E-state index contributed by atoms with van der Waals surface area (Å²) >= 11 is 11.5. The summed E-state index contributed by atoms with van der Waals surface area (Å²) < 4.78 is 0. The molecule has 0 aliphatic carbocycles. The number of amides is 1. The van der Waals surface area contributed by atoms with Crippen LogP contribution in [0.2, 0.25) is 5.02 Å². The summed E-state index contributed by atoms with van der Waals surface area (Å²) in [6, 6.07) is 14.0. The van der Waals surface area contributed by atoms with Crippen molar-refractivity contribution >= 4 is 40.5 Å². The number of hydrogen-bond acceptors (Lipinski definition) is 3. The minimum absolute atomic E-state index is 0.168. The normalized spacial score (nSPS) is 11.2. The quantitative estimate of drug-likeness (QED) is 0.390. The van der Waals surface area contributed by atoms with Gasteiger partial charge in [0.2, 0.25) is 5.91 Å². The van der Waals surface area contributed by atoms with Gasteiger partial charge < -0.3 is 10.5 Å². The Morgan fingerprint density at radius 3 is 2.52 bits per heavy atom. The lowest BCUT2D eigenvalue weighted by Gasteiger charge is -2.12. The second-order valence-corrected chi connectivity index (χ2v) is 4.89. The summed E-state index contributed by atoms with van der Waals surface area (Å²) in [4.78, 5) is 11.5. The van der Waals surface area contributed by atoms with Crippen molar-refractivity contribution in [3.8, 4) is 0 Å². The maximum atomic E-state index is 11.5. The third-order valence-electron chi connectivity index (χ3n) is 2.78. The molecular formula is C15H12Cl2N2O2. The van der Waals surface area contributed by atoms with E-state index in [-0.39, 0.29) is 11.8 Å². The van der Waals surface area contributed by atoms with Crippen molar-refractivity contribution in [3.63, 3.8) is 0 Å². The van der Waals surface area contributed by atoms with E-state index in [0.29, 0.717) is 27.5 Å². The molecule has 21 heavy (non-hydrogen) atoms. The summed E-state index contributed by atoms with van der Waals surface area (Å²) in [6.45, 7) is 0. The summed E-state index contributed by atoms with van der Waals surface area (Å²) in [5.74, 6) is -0.524. The third kappa shape index (κ3) is 3.74. The zero-order chi connectivity index (χ0) is 15.2. The van der Waals surface area contributed by atoms with E-state index in [1.54, 1.807) is 30.3 Å². The zero-order valence-electron chi connectivity index (χ0n) is 10.9. The summed E-state index contributed by atoms with van der Waals surface area (Å²) in [6.07, 6.45) is 0. The molecule has 0 saturated carbocycles. The highest BCUT2D eigenvalue weighted by Crippen LogP contribution is 2.24. The molecule has 1 amide bonds. The number of anilines is 1. The van der Waals surface area contributed by atoms with Gasteiger partial charge in [-0.25, -0.2) is 0 Å². The van der Waals surface area contributed by atoms with Crippen molar-refractivity contribution in [2.45, 2.75) is 0 Å². The number of alkyl halides is 1. The Kier molecular flexibility index (Phi) is 5.20. The molecule has 2 aromatic carbocycles. The fourth-order valence-electron chi connectivity index (χ4n) is 1.87. The van der Waals surface area contributed by atoms with Crippen molar-refractivity contribution < 1.29 is 10.0 Å². The van der Waals surface area contributed by atoms with Crippen LogP contribution in [-0.4, -0.2) is 22.7 Å². The van der Waals surface area contributed by atoms with Crippen LogP contribution in [0.15, 0.2) is 53.7 Å². The smallest absolute Gasteiger partial charge is 0.239 e. The lowest BCUT2D eigenvalue weighted by atomic mass is 10.0. The van der Waals surface area contributed by atoms with Gasteiger partial charge in [-0.05, 0) is 18.2 Å². The first kappa shape index (κ1) is 15.4. The molecule has 0 unspecified atom stereocenters. The second-order valence-electron chi connectivity index (χ2n) is 4.19. The van der Waals surface area contributed by atoms with E-state index in [4.69, 9.17) is 23.2 Å². The predicted molar refractivity (Wildman–Crippen MR) is 84.7 cm³/mol. The van der Waals surface area contributed by atoms with Crippen LogP contribution in [-0.2, 0) is 4.79 Å². The van der Waals surface area contributed by atoms with E-state index >= 15 is 0 Å². The molecule has 2 aromatic rings. The Morgan fingerprint density at radius 2 is 1.90 bits per heavy atom. The van der Waals surface area contributed by atoms with Gasteiger partial charge in [0.05, 0.1) is 5.69 Å². The Balaban J connectivity index is 2.50. The first-order valence-electron chi connectivity index (χ1n) is 6.09. The largest absolute Gasteiger partial charge is 0.410 e. The summed E-state index contributed by atoms with van der Waals surface area (Å²) in [7, 11) is 0. The molecule has 2 N–H and O–H groups in total. The molecule has 0 fully saturated rings. The van der Waals surface area contributed by atoms with Gasteiger partial charge >= 0.3 is 0 Å². The average molecular weight is 323 g/mol. The first-order valence-corrected chi connectivity index (χ1v) is 7.00. The van der Waals surface area contributed by atoms with Crippen molar-refractivity contribution in [1.82, 2.24) is 0 Å². The Labute approximate surface area is 132 Å². The van der Waals surface area contributed by atoms with E-state index in [1.807, 2.05) is 18.2 Å². The molecule has 2 rings (SSSR count). The Bertz CT molecular complexity index is 673. The molecular weight excluding hydrogens is 311 g/mol.